The highest BCUT2D eigenvalue weighted by molar-refractivity contribution is 6.20. The number of hydrogen-bond donors (Lipinski definition) is 0. The molecule has 0 aliphatic heterocycles. The summed E-state index contributed by atoms with van der Waals surface area (Å²) in [6.07, 6.45) is 2.66. The smallest absolute Gasteiger partial charge is 0.127 e. The monoisotopic (exact) mass is 306 g/mol. The maximum atomic E-state index is 13.5. The molecule has 2 heterocycles. The van der Waals surface area contributed by atoms with Crippen molar-refractivity contribution in [2.75, 3.05) is 0 Å². The van der Waals surface area contributed by atoms with E-state index in [1.165, 1.54) is 12.1 Å². The van der Waals surface area contributed by atoms with E-state index in [9.17, 15) is 4.39 Å². The van der Waals surface area contributed by atoms with E-state index in [1.54, 1.807) is 10.7 Å². The predicted molar refractivity (Wildman–Crippen MR) is 80.9 cm³/mol. The van der Waals surface area contributed by atoms with E-state index in [0.29, 0.717) is 6.54 Å². The fourth-order valence-electron chi connectivity index (χ4n) is 2.48. The number of rotatable bonds is 4. The van der Waals surface area contributed by atoms with Crippen LogP contribution in [0.2, 0.25) is 0 Å². The fourth-order valence-corrected chi connectivity index (χ4v) is 2.64. The summed E-state index contributed by atoms with van der Waals surface area (Å²) in [5, 5.41) is 4.13. The molecule has 3 rings (SSSR count). The van der Waals surface area contributed by atoms with Crippen LogP contribution in [-0.2, 0) is 20.0 Å². The summed E-state index contributed by atoms with van der Waals surface area (Å²) < 4.78 is 17.3. The third-order valence-electron chi connectivity index (χ3n) is 3.46. The predicted octanol–water partition coefficient (Wildman–Crippen LogP) is 3.45. The van der Waals surface area contributed by atoms with Gasteiger partial charge in [-0.05, 0) is 31.2 Å². The van der Waals surface area contributed by atoms with E-state index in [0.717, 1.165) is 29.0 Å². The molecule has 0 aliphatic carbocycles. The molecular weight excluding hydrogens is 291 g/mol. The highest BCUT2D eigenvalue weighted by atomic mass is 35.5. The second-order valence-corrected chi connectivity index (χ2v) is 5.76. The first-order valence-corrected chi connectivity index (χ1v) is 7.26. The van der Waals surface area contributed by atoms with Crippen LogP contribution in [0.25, 0.3) is 11.0 Å². The normalized spacial score (nSPS) is 13.0. The molecule has 2 aromatic heterocycles. The minimum absolute atomic E-state index is 0.232. The zero-order valence-corrected chi connectivity index (χ0v) is 12.7. The Morgan fingerprint density at radius 2 is 2.14 bits per heavy atom. The summed E-state index contributed by atoms with van der Waals surface area (Å²) in [5.41, 5.74) is 2.53. The molecule has 0 spiro atoms. The standard InChI is InChI=1S/C15H16ClFN4/c1-10(16)15-18-13-4-3-11(17)9-14(13)21(15)8-6-12-5-7-20(2)19-12/h3-5,7,9-10H,6,8H2,1-2H3. The lowest BCUT2D eigenvalue weighted by atomic mass is 10.2. The Morgan fingerprint density at radius 3 is 2.81 bits per heavy atom. The van der Waals surface area contributed by atoms with E-state index in [1.807, 2.05) is 30.8 Å². The molecule has 110 valence electrons. The fraction of sp³-hybridized carbons (Fsp3) is 0.333. The van der Waals surface area contributed by atoms with Crippen molar-refractivity contribution >= 4 is 22.6 Å². The quantitative estimate of drug-likeness (QED) is 0.692. The SMILES string of the molecule is CC(Cl)c1nc2ccc(F)cc2n1CCc1ccn(C)n1. The molecule has 0 bridgehead atoms. The second-order valence-electron chi connectivity index (χ2n) is 5.10. The Morgan fingerprint density at radius 1 is 1.33 bits per heavy atom. The van der Waals surface area contributed by atoms with Crippen LogP contribution in [0, 0.1) is 5.82 Å². The lowest BCUT2D eigenvalue weighted by molar-refractivity contribution is 0.623. The molecule has 4 nitrogen and oxygen atoms in total. The highest BCUT2D eigenvalue weighted by Gasteiger charge is 2.15. The van der Waals surface area contributed by atoms with Crippen LogP contribution in [0.5, 0.6) is 0 Å². The van der Waals surface area contributed by atoms with Gasteiger partial charge >= 0.3 is 0 Å². The Hall–Kier alpha value is -1.88. The van der Waals surface area contributed by atoms with Crippen LogP contribution in [-0.4, -0.2) is 19.3 Å². The van der Waals surface area contributed by atoms with E-state index in [2.05, 4.69) is 10.1 Å². The first kappa shape index (κ1) is 14.1. The van der Waals surface area contributed by atoms with Gasteiger partial charge in [0.05, 0.1) is 22.1 Å². The van der Waals surface area contributed by atoms with Gasteiger partial charge in [0.1, 0.15) is 11.6 Å². The molecule has 0 aliphatic rings. The largest absolute Gasteiger partial charge is 0.326 e. The molecule has 0 radical (unpaired) electrons. The molecule has 1 unspecified atom stereocenters. The molecule has 21 heavy (non-hydrogen) atoms. The van der Waals surface area contributed by atoms with Gasteiger partial charge in [-0.15, -0.1) is 11.6 Å². The van der Waals surface area contributed by atoms with E-state index in [-0.39, 0.29) is 11.2 Å². The van der Waals surface area contributed by atoms with Crippen molar-refractivity contribution in [3.8, 4) is 0 Å². The Bertz CT molecular complexity index is 775. The third kappa shape index (κ3) is 2.78. The number of alkyl halides is 1. The van der Waals surface area contributed by atoms with Gasteiger partial charge in [0.2, 0.25) is 0 Å². The number of aromatic nitrogens is 4. The zero-order valence-electron chi connectivity index (χ0n) is 11.9. The molecule has 6 heteroatoms. The summed E-state index contributed by atoms with van der Waals surface area (Å²) in [7, 11) is 1.89. The lowest BCUT2D eigenvalue weighted by Gasteiger charge is -2.09. The Kier molecular flexibility index (Phi) is 3.68. The molecule has 0 saturated carbocycles. The molecule has 1 aromatic carbocycles. The first-order chi connectivity index (χ1) is 10.0. The van der Waals surface area contributed by atoms with Gasteiger partial charge in [0.25, 0.3) is 0 Å². The number of hydrogen-bond acceptors (Lipinski definition) is 2. The lowest BCUT2D eigenvalue weighted by Crippen LogP contribution is -2.07. The average Bonchev–Trinajstić information content (AvgIpc) is 3.00. The van der Waals surface area contributed by atoms with Gasteiger partial charge in [-0.25, -0.2) is 9.37 Å². The van der Waals surface area contributed by atoms with Gasteiger partial charge in [0, 0.05) is 26.2 Å². The molecule has 0 N–H and O–H groups in total. The van der Waals surface area contributed by atoms with Crippen molar-refractivity contribution in [2.24, 2.45) is 7.05 Å². The summed E-state index contributed by atoms with van der Waals surface area (Å²) >= 11 is 6.21. The van der Waals surface area contributed by atoms with Crippen molar-refractivity contribution in [3.05, 3.63) is 47.8 Å². The summed E-state index contributed by atoms with van der Waals surface area (Å²) in [6.45, 7) is 2.54. The van der Waals surface area contributed by atoms with Crippen molar-refractivity contribution in [3.63, 3.8) is 0 Å². The van der Waals surface area contributed by atoms with Crippen molar-refractivity contribution in [1.82, 2.24) is 19.3 Å². The average molecular weight is 307 g/mol. The Labute approximate surface area is 127 Å². The van der Waals surface area contributed by atoms with Crippen LogP contribution < -0.4 is 0 Å². The third-order valence-corrected chi connectivity index (χ3v) is 3.65. The molecule has 0 fully saturated rings. The number of nitrogens with zero attached hydrogens (tertiary/aromatic N) is 4. The number of halogens is 2. The minimum Gasteiger partial charge on any atom is -0.326 e. The van der Waals surface area contributed by atoms with Crippen LogP contribution in [0.1, 0.15) is 23.8 Å². The molecule has 1 atom stereocenters. The minimum atomic E-state index is -0.268. The number of imidazole rings is 1. The van der Waals surface area contributed by atoms with Crippen molar-refractivity contribution < 1.29 is 4.39 Å². The number of aryl methyl sites for hydroxylation is 3. The van der Waals surface area contributed by atoms with Crippen LogP contribution in [0.15, 0.2) is 30.5 Å². The summed E-state index contributed by atoms with van der Waals surface area (Å²) in [5.74, 6) is 0.489. The summed E-state index contributed by atoms with van der Waals surface area (Å²) in [6, 6.07) is 6.58. The van der Waals surface area contributed by atoms with Crippen LogP contribution in [0.4, 0.5) is 4.39 Å². The van der Waals surface area contributed by atoms with E-state index >= 15 is 0 Å². The summed E-state index contributed by atoms with van der Waals surface area (Å²) in [4.78, 5) is 4.51. The molecule has 0 saturated heterocycles. The zero-order chi connectivity index (χ0) is 15.0. The maximum Gasteiger partial charge on any atom is 0.127 e. The van der Waals surface area contributed by atoms with Gasteiger partial charge < -0.3 is 4.57 Å². The van der Waals surface area contributed by atoms with Gasteiger partial charge in [-0.3, -0.25) is 4.68 Å². The second kappa shape index (κ2) is 5.48. The molecular formula is C15H16ClFN4. The molecule has 0 amide bonds. The highest BCUT2D eigenvalue weighted by Crippen LogP contribution is 2.25. The van der Waals surface area contributed by atoms with Gasteiger partial charge in [0.15, 0.2) is 0 Å². The van der Waals surface area contributed by atoms with Crippen molar-refractivity contribution in [2.45, 2.75) is 25.3 Å². The van der Waals surface area contributed by atoms with Crippen LogP contribution in [0.3, 0.4) is 0 Å². The van der Waals surface area contributed by atoms with Gasteiger partial charge in [-0.1, -0.05) is 0 Å². The topological polar surface area (TPSA) is 35.6 Å². The van der Waals surface area contributed by atoms with Crippen LogP contribution >= 0.6 is 11.6 Å². The maximum absolute atomic E-state index is 13.5. The van der Waals surface area contributed by atoms with E-state index in [4.69, 9.17) is 11.6 Å². The molecule has 3 aromatic rings. The number of benzene rings is 1. The van der Waals surface area contributed by atoms with E-state index < -0.39 is 0 Å². The number of fused-ring (bicyclic) bond motifs is 1. The Balaban J connectivity index is 1.98. The van der Waals surface area contributed by atoms with Gasteiger partial charge in [-0.2, -0.15) is 5.10 Å². The van der Waals surface area contributed by atoms with Crippen molar-refractivity contribution in [1.29, 1.82) is 0 Å². The first-order valence-electron chi connectivity index (χ1n) is 6.83.